The van der Waals surface area contributed by atoms with Crippen molar-refractivity contribution in [3.8, 4) is 5.75 Å². The highest BCUT2D eigenvalue weighted by molar-refractivity contribution is 5.85. The third-order valence-electron chi connectivity index (χ3n) is 3.63. The zero-order valence-electron chi connectivity index (χ0n) is 12.0. The molecule has 0 aromatic heterocycles. The standard InChI is InChI=1S/C19H18O2/c1-14(20)17-10-4-5-12-19(17)21-13-16-9-6-8-15-7-2-3-11-18(15)16/h2-12,14,20H,13H2,1H3/t14-/m1/s1. The minimum atomic E-state index is -0.534. The van der Waals surface area contributed by atoms with Crippen LogP contribution in [0.2, 0.25) is 0 Å². The van der Waals surface area contributed by atoms with Crippen molar-refractivity contribution in [3.63, 3.8) is 0 Å². The molecule has 0 amide bonds. The van der Waals surface area contributed by atoms with E-state index in [0.717, 1.165) is 16.9 Å². The Bertz CT molecular complexity index is 742. The molecule has 106 valence electrons. The maximum Gasteiger partial charge on any atom is 0.125 e. The predicted molar refractivity (Wildman–Crippen MR) is 85.4 cm³/mol. The number of hydrogen-bond donors (Lipinski definition) is 1. The highest BCUT2D eigenvalue weighted by atomic mass is 16.5. The van der Waals surface area contributed by atoms with Crippen LogP contribution in [0.5, 0.6) is 5.75 Å². The molecule has 3 aromatic carbocycles. The van der Waals surface area contributed by atoms with E-state index in [1.54, 1.807) is 6.92 Å². The molecule has 1 atom stereocenters. The third kappa shape index (κ3) is 2.91. The summed E-state index contributed by atoms with van der Waals surface area (Å²) in [5.74, 6) is 0.737. The van der Waals surface area contributed by atoms with E-state index in [0.29, 0.717) is 6.61 Å². The minimum Gasteiger partial charge on any atom is -0.489 e. The zero-order chi connectivity index (χ0) is 14.7. The molecule has 2 nitrogen and oxygen atoms in total. The summed E-state index contributed by atoms with van der Waals surface area (Å²) in [5, 5.41) is 12.2. The lowest BCUT2D eigenvalue weighted by atomic mass is 10.1. The molecule has 0 saturated heterocycles. The second kappa shape index (κ2) is 5.98. The van der Waals surface area contributed by atoms with Crippen LogP contribution in [0.15, 0.2) is 66.7 Å². The summed E-state index contributed by atoms with van der Waals surface area (Å²) in [7, 11) is 0. The van der Waals surface area contributed by atoms with E-state index in [2.05, 4.69) is 24.3 Å². The third-order valence-corrected chi connectivity index (χ3v) is 3.63. The van der Waals surface area contributed by atoms with Gasteiger partial charge in [-0.2, -0.15) is 0 Å². The molecular weight excluding hydrogens is 260 g/mol. The summed E-state index contributed by atoms with van der Waals surface area (Å²) in [6, 6.07) is 22.1. The van der Waals surface area contributed by atoms with E-state index in [1.807, 2.05) is 42.5 Å². The molecule has 0 aliphatic carbocycles. The van der Waals surface area contributed by atoms with Crippen molar-refractivity contribution in [2.45, 2.75) is 19.6 Å². The first-order valence-corrected chi connectivity index (χ1v) is 7.12. The first-order chi connectivity index (χ1) is 10.3. The second-order valence-electron chi connectivity index (χ2n) is 5.14. The van der Waals surface area contributed by atoms with Crippen molar-refractivity contribution in [1.82, 2.24) is 0 Å². The summed E-state index contributed by atoms with van der Waals surface area (Å²) >= 11 is 0. The molecule has 0 radical (unpaired) electrons. The van der Waals surface area contributed by atoms with Crippen LogP contribution in [0.3, 0.4) is 0 Å². The molecule has 0 heterocycles. The lowest BCUT2D eigenvalue weighted by Crippen LogP contribution is -2.01. The van der Waals surface area contributed by atoms with Gasteiger partial charge in [-0.1, -0.05) is 60.7 Å². The summed E-state index contributed by atoms with van der Waals surface area (Å²) in [4.78, 5) is 0. The van der Waals surface area contributed by atoms with Crippen molar-refractivity contribution < 1.29 is 9.84 Å². The zero-order valence-corrected chi connectivity index (χ0v) is 12.0. The normalized spacial score (nSPS) is 12.3. The fourth-order valence-corrected chi connectivity index (χ4v) is 2.53. The van der Waals surface area contributed by atoms with Gasteiger partial charge in [0.25, 0.3) is 0 Å². The first-order valence-electron chi connectivity index (χ1n) is 7.12. The molecule has 1 N–H and O–H groups in total. The van der Waals surface area contributed by atoms with E-state index in [1.165, 1.54) is 10.8 Å². The molecule has 0 unspecified atom stereocenters. The molecule has 0 spiro atoms. The van der Waals surface area contributed by atoms with Gasteiger partial charge < -0.3 is 9.84 Å². The number of aliphatic hydroxyl groups is 1. The second-order valence-corrected chi connectivity index (χ2v) is 5.14. The maximum absolute atomic E-state index is 9.79. The molecular formula is C19H18O2. The number of ether oxygens (including phenoxy) is 1. The van der Waals surface area contributed by atoms with Crippen LogP contribution in [0.1, 0.15) is 24.2 Å². The maximum atomic E-state index is 9.79. The van der Waals surface area contributed by atoms with E-state index in [9.17, 15) is 5.11 Å². The van der Waals surface area contributed by atoms with Crippen LogP contribution in [0.4, 0.5) is 0 Å². The van der Waals surface area contributed by atoms with Gasteiger partial charge in [0, 0.05) is 5.56 Å². The van der Waals surface area contributed by atoms with Crippen LogP contribution >= 0.6 is 0 Å². The summed E-state index contributed by atoms with van der Waals surface area (Å²) in [5.41, 5.74) is 1.96. The van der Waals surface area contributed by atoms with Crippen molar-refractivity contribution in [1.29, 1.82) is 0 Å². The summed E-state index contributed by atoms with van der Waals surface area (Å²) < 4.78 is 5.93. The van der Waals surface area contributed by atoms with Gasteiger partial charge in [-0.15, -0.1) is 0 Å². The SMILES string of the molecule is C[C@@H](O)c1ccccc1OCc1cccc2ccccc12. The topological polar surface area (TPSA) is 29.5 Å². The molecule has 0 saturated carbocycles. The van der Waals surface area contributed by atoms with Gasteiger partial charge in [0.2, 0.25) is 0 Å². The monoisotopic (exact) mass is 278 g/mol. The van der Waals surface area contributed by atoms with E-state index in [-0.39, 0.29) is 0 Å². The molecule has 3 aromatic rings. The molecule has 3 rings (SSSR count). The van der Waals surface area contributed by atoms with Gasteiger partial charge in [0.15, 0.2) is 0 Å². The van der Waals surface area contributed by atoms with Gasteiger partial charge in [-0.3, -0.25) is 0 Å². The van der Waals surface area contributed by atoms with E-state index < -0.39 is 6.10 Å². The van der Waals surface area contributed by atoms with E-state index in [4.69, 9.17) is 4.74 Å². The quantitative estimate of drug-likeness (QED) is 0.763. The van der Waals surface area contributed by atoms with E-state index >= 15 is 0 Å². The Hall–Kier alpha value is -2.32. The first kappa shape index (κ1) is 13.7. The fraction of sp³-hybridized carbons (Fsp3) is 0.158. The van der Waals surface area contributed by atoms with Crippen molar-refractivity contribution in [3.05, 3.63) is 77.9 Å². The highest BCUT2D eigenvalue weighted by Crippen LogP contribution is 2.26. The number of aliphatic hydroxyl groups excluding tert-OH is 1. The predicted octanol–water partition coefficient (Wildman–Crippen LogP) is 4.47. The molecule has 0 bridgehead atoms. The smallest absolute Gasteiger partial charge is 0.125 e. The number of hydrogen-bond acceptors (Lipinski definition) is 2. The Labute approximate surface area is 124 Å². The Morgan fingerprint density at radius 3 is 2.48 bits per heavy atom. The van der Waals surface area contributed by atoms with Crippen molar-refractivity contribution >= 4 is 10.8 Å². The Morgan fingerprint density at radius 1 is 0.905 bits per heavy atom. The minimum absolute atomic E-state index is 0.491. The lowest BCUT2D eigenvalue weighted by molar-refractivity contribution is 0.190. The molecule has 2 heteroatoms. The van der Waals surface area contributed by atoms with Crippen molar-refractivity contribution in [2.24, 2.45) is 0 Å². The average molecular weight is 278 g/mol. The van der Waals surface area contributed by atoms with Crippen LogP contribution in [-0.2, 0) is 6.61 Å². The van der Waals surface area contributed by atoms with Crippen LogP contribution in [-0.4, -0.2) is 5.11 Å². The highest BCUT2D eigenvalue weighted by Gasteiger charge is 2.09. The Morgan fingerprint density at radius 2 is 1.62 bits per heavy atom. The van der Waals surface area contributed by atoms with Gasteiger partial charge in [-0.25, -0.2) is 0 Å². The Balaban J connectivity index is 1.87. The largest absolute Gasteiger partial charge is 0.489 e. The number of benzene rings is 3. The number of fused-ring (bicyclic) bond motifs is 1. The Kier molecular flexibility index (Phi) is 3.89. The van der Waals surface area contributed by atoms with Crippen LogP contribution in [0.25, 0.3) is 10.8 Å². The van der Waals surface area contributed by atoms with Crippen molar-refractivity contribution in [2.75, 3.05) is 0 Å². The molecule has 21 heavy (non-hydrogen) atoms. The lowest BCUT2D eigenvalue weighted by Gasteiger charge is -2.14. The summed E-state index contributed by atoms with van der Waals surface area (Å²) in [6.45, 7) is 2.24. The average Bonchev–Trinajstić information content (AvgIpc) is 2.53. The van der Waals surface area contributed by atoms with Gasteiger partial charge in [-0.05, 0) is 29.3 Å². The summed E-state index contributed by atoms with van der Waals surface area (Å²) in [6.07, 6.45) is -0.534. The number of para-hydroxylation sites is 1. The van der Waals surface area contributed by atoms with Gasteiger partial charge >= 0.3 is 0 Å². The van der Waals surface area contributed by atoms with Crippen LogP contribution < -0.4 is 4.74 Å². The van der Waals surface area contributed by atoms with Gasteiger partial charge in [0.05, 0.1) is 6.10 Å². The molecule has 0 aliphatic heterocycles. The molecule has 0 aliphatic rings. The van der Waals surface area contributed by atoms with Gasteiger partial charge in [0.1, 0.15) is 12.4 Å². The fourth-order valence-electron chi connectivity index (χ4n) is 2.53. The molecule has 0 fully saturated rings. The van der Waals surface area contributed by atoms with Crippen LogP contribution in [0, 0.1) is 0 Å². The number of rotatable bonds is 4.